The monoisotopic (exact) mass is 401 g/mol. The van der Waals surface area contributed by atoms with Crippen LogP contribution in [0, 0.1) is 26.7 Å². The number of hydrogen-bond acceptors (Lipinski definition) is 3. The normalized spacial score (nSPS) is 13.4. The minimum atomic E-state index is -3.73. The number of nitrogens with one attached hydrogen (secondary N) is 2. The quantitative estimate of drug-likeness (QED) is 0.665. The predicted molar refractivity (Wildman–Crippen MR) is 112 cm³/mol. The molecule has 1 unspecified atom stereocenters. The second-order valence-electron chi connectivity index (χ2n) is 7.76. The Morgan fingerprint density at radius 2 is 1.68 bits per heavy atom. The number of H-pyrrole nitrogens is 1. The Bertz CT molecular complexity index is 1150. The zero-order chi connectivity index (χ0) is 20.6. The van der Waals surface area contributed by atoms with Crippen LogP contribution < -0.4 is 10.4 Å². The van der Waals surface area contributed by atoms with Crippen molar-refractivity contribution in [2.24, 2.45) is 5.92 Å². The highest BCUT2D eigenvalue weighted by molar-refractivity contribution is 7.89. The fraction of sp³-hybridized carbons (Fsp3) is 0.381. The maximum atomic E-state index is 13.2. The molecule has 0 fully saturated rings. The van der Waals surface area contributed by atoms with Gasteiger partial charge in [0.05, 0.1) is 15.9 Å². The van der Waals surface area contributed by atoms with Crippen LogP contribution in [0.3, 0.4) is 0 Å². The Hall–Kier alpha value is -2.38. The van der Waals surface area contributed by atoms with Gasteiger partial charge in [-0.05, 0) is 49.9 Å². The average molecular weight is 402 g/mol. The lowest BCUT2D eigenvalue weighted by Crippen LogP contribution is -2.43. The van der Waals surface area contributed by atoms with Gasteiger partial charge in [0.15, 0.2) is 0 Å². The lowest BCUT2D eigenvalue weighted by atomic mass is 10.1. The van der Waals surface area contributed by atoms with Crippen LogP contribution in [0.1, 0.15) is 30.5 Å². The van der Waals surface area contributed by atoms with E-state index in [-0.39, 0.29) is 18.2 Å². The SMILES string of the molecule is Cc1cc(C)c(S(=O)(=O)NC(Cn2c(=O)[nH]c3ccccc32)C(C)C)c(C)c1. The molecule has 1 heterocycles. The maximum Gasteiger partial charge on any atom is 0.326 e. The Morgan fingerprint density at radius 1 is 1.07 bits per heavy atom. The second kappa shape index (κ2) is 7.56. The van der Waals surface area contributed by atoms with Gasteiger partial charge in [-0.3, -0.25) is 4.57 Å². The molecule has 0 bridgehead atoms. The third kappa shape index (κ3) is 3.91. The van der Waals surface area contributed by atoms with E-state index in [2.05, 4.69) is 9.71 Å². The molecular weight excluding hydrogens is 374 g/mol. The van der Waals surface area contributed by atoms with Gasteiger partial charge in [0.1, 0.15) is 0 Å². The molecular formula is C21H27N3O3S. The van der Waals surface area contributed by atoms with Gasteiger partial charge < -0.3 is 4.98 Å². The molecule has 2 aromatic carbocycles. The van der Waals surface area contributed by atoms with E-state index in [9.17, 15) is 13.2 Å². The third-order valence-electron chi connectivity index (χ3n) is 5.05. The Labute approximate surface area is 165 Å². The molecule has 3 aromatic rings. The van der Waals surface area contributed by atoms with Crippen LogP contribution in [-0.4, -0.2) is 24.0 Å². The number of aromatic nitrogens is 2. The highest BCUT2D eigenvalue weighted by Gasteiger charge is 2.26. The molecule has 1 aromatic heterocycles. The molecule has 0 radical (unpaired) electrons. The van der Waals surface area contributed by atoms with Gasteiger partial charge in [-0.1, -0.05) is 43.7 Å². The van der Waals surface area contributed by atoms with Crippen molar-refractivity contribution in [2.75, 3.05) is 0 Å². The van der Waals surface area contributed by atoms with E-state index in [1.54, 1.807) is 4.57 Å². The third-order valence-corrected chi connectivity index (χ3v) is 6.84. The van der Waals surface area contributed by atoms with Gasteiger partial charge in [-0.2, -0.15) is 0 Å². The van der Waals surface area contributed by atoms with Crippen LogP contribution in [0.25, 0.3) is 11.0 Å². The van der Waals surface area contributed by atoms with Gasteiger partial charge in [-0.15, -0.1) is 0 Å². The van der Waals surface area contributed by atoms with Crippen molar-refractivity contribution in [3.63, 3.8) is 0 Å². The number of rotatable bonds is 6. The van der Waals surface area contributed by atoms with Crippen molar-refractivity contribution in [3.8, 4) is 0 Å². The first-order valence-corrected chi connectivity index (χ1v) is 10.9. The molecule has 0 saturated carbocycles. The number of imidazole rings is 1. The summed E-state index contributed by atoms with van der Waals surface area (Å²) in [5, 5.41) is 0. The average Bonchev–Trinajstić information content (AvgIpc) is 2.88. The van der Waals surface area contributed by atoms with E-state index >= 15 is 0 Å². The molecule has 28 heavy (non-hydrogen) atoms. The van der Waals surface area contributed by atoms with Crippen molar-refractivity contribution >= 4 is 21.1 Å². The Balaban J connectivity index is 1.98. The zero-order valence-corrected chi connectivity index (χ0v) is 17.7. The first-order valence-electron chi connectivity index (χ1n) is 9.38. The number of nitrogens with zero attached hydrogens (tertiary/aromatic N) is 1. The minimum Gasteiger partial charge on any atom is -0.306 e. The number of aryl methyl sites for hydroxylation is 3. The Morgan fingerprint density at radius 3 is 2.29 bits per heavy atom. The maximum absolute atomic E-state index is 13.2. The number of hydrogen-bond donors (Lipinski definition) is 2. The van der Waals surface area contributed by atoms with Gasteiger partial charge >= 0.3 is 5.69 Å². The van der Waals surface area contributed by atoms with Crippen LogP contribution in [0.2, 0.25) is 0 Å². The molecule has 7 heteroatoms. The summed E-state index contributed by atoms with van der Waals surface area (Å²) in [6.07, 6.45) is 0. The summed E-state index contributed by atoms with van der Waals surface area (Å²) in [5.74, 6) is 0.00129. The highest BCUT2D eigenvalue weighted by Crippen LogP contribution is 2.23. The molecule has 0 amide bonds. The fourth-order valence-corrected chi connectivity index (χ4v) is 5.55. The van der Waals surface area contributed by atoms with Crippen molar-refractivity contribution in [1.29, 1.82) is 0 Å². The van der Waals surface area contributed by atoms with Crippen molar-refractivity contribution in [3.05, 3.63) is 63.6 Å². The Kier molecular flexibility index (Phi) is 5.50. The van der Waals surface area contributed by atoms with Gasteiger partial charge in [-0.25, -0.2) is 17.9 Å². The summed E-state index contributed by atoms with van der Waals surface area (Å²) in [6, 6.07) is 10.7. The van der Waals surface area contributed by atoms with Crippen LogP contribution in [-0.2, 0) is 16.6 Å². The number of benzene rings is 2. The van der Waals surface area contributed by atoms with Crippen LogP contribution in [0.5, 0.6) is 0 Å². The predicted octanol–water partition coefficient (Wildman–Crippen LogP) is 3.26. The standard InChI is InChI=1S/C21H27N3O3S/c1-13(2)18(12-24-19-9-7-6-8-17(19)22-21(24)25)23-28(26,27)20-15(4)10-14(3)11-16(20)5/h6-11,13,18,23H,12H2,1-5H3,(H,22,25). The van der Waals surface area contributed by atoms with Crippen LogP contribution in [0.4, 0.5) is 0 Å². The highest BCUT2D eigenvalue weighted by atomic mass is 32.2. The topological polar surface area (TPSA) is 84.0 Å². The van der Waals surface area contributed by atoms with E-state index in [1.165, 1.54) is 0 Å². The summed E-state index contributed by atoms with van der Waals surface area (Å²) in [6.45, 7) is 9.71. The molecule has 6 nitrogen and oxygen atoms in total. The van der Waals surface area contributed by atoms with Crippen molar-refractivity contribution in [1.82, 2.24) is 14.3 Å². The largest absolute Gasteiger partial charge is 0.326 e. The molecule has 150 valence electrons. The summed E-state index contributed by atoms with van der Waals surface area (Å²) in [4.78, 5) is 15.5. The molecule has 0 aliphatic heterocycles. The number of fused-ring (bicyclic) bond motifs is 1. The van der Waals surface area contributed by atoms with Crippen LogP contribution >= 0.6 is 0 Å². The van der Waals surface area contributed by atoms with Crippen LogP contribution in [0.15, 0.2) is 46.1 Å². The molecule has 2 N–H and O–H groups in total. The number of aromatic amines is 1. The number of para-hydroxylation sites is 2. The van der Waals surface area contributed by atoms with E-state index < -0.39 is 16.1 Å². The zero-order valence-electron chi connectivity index (χ0n) is 16.9. The van der Waals surface area contributed by atoms with E-state index in [0.29, 0.717) is 4.90 Å². The van der Waals surface area contributed by atoms with Crippen molar-refractivity contribution < 1.29 is 8.42 Å². The molecule has 0 saturated heterocycles. The number of sulfonamides is 1. The summed E-state index contributed by atoms with van der Waals surface area (Å²) in [7, 11) is -3.73. The molecule has 0 spiro atoms. The van der Waals surface area contributed by atoms with E-state index in [4.69, 9.17) is 0 Å². The molecule has 3 rings (SSSR count). The van der Waals surface area contributed by atoms with Gasteiger partial charge in [0, 0.05) is 12.6 Å². The summed E-state index contributed by atoms with van der Waals surface area (Å²) in [5.41, 5.74) is 3.73. The molecule has 1 atom stereocenters. The summed E-state index contributed by atoms with van der Waals surface area (Å²) < 4.78 is 30.8. The first kappa shape index (κ1) is 20.4. The molecule has 0 aliphatic carbocycles. The second-order valence-corrected chi connectivity index (χ2v) is 9.41. The van der Waals surface area contributed by atoms with Crippen molar-refractivity contribution in [2.45, 2.75) is 52.1 Å². The van der Waals surface area contributed by atoms with Gasteiger partial charge in [0.25, 0.3) is 0 Å². The van der Waals surface area contributed by atoms with E-state index in [1.807, 2.05) is 71.0 Å². The van der Waals surface area contributed by atoms with Gasteiger partial charge in [0.2, 0.25) is 10.0 Å². The lowest BCUT2D eigenvalue weighted by Gasteiger charge is -2.24. The first-order chi connectivity index (χ1) is 13.1. The minimum absolute atomic E-state index is 0.00129. The lowest BCUT2D eigenvalue weighted by molar-refractivity contribution is 0.398. The molecule has 0 aliphatic rings. The summed E-state index contributed by atoms with van der Waals surface area (Å²) >= 11 is 0. The fourth-order valence-electron chi connectivity index (χ4n) is 3.72. The smallest absolute Gasteiger partial charge is 0.306 e. The van der Waals surface area contributed by atoms with E-state index in [0.717, 1.165) is 27.7 Å².